The minimum atomic E-state index is 0.358. The Labute approximate surface area is 196 Å². The number of anilines is 2. The van der Waals surface area contributed by atoms with Crippen LogP contribution in [0.1, 0.15) is 11.1 Å². The third kappa shape index (κ3) is 5.28. The maximum Gasteiger partial charge on any atom is 0.245 e. The zero-order valence-electron chi connectivity index (χ0n) is 17.3. The number of rotatable bonds is 8. The Morgan fingerprint density at radius 3 is 2.06 bits per heavy atom. The first-order chi connectivity index (χ1) is 15.6. The molecule has 3 aromatic carbocycles. The number of halogens is 2. The van der Waals surface area contributed by atoms with Crippen LogP contribution in [-0.4, -0.2) is 22.3 Å². The maximum atomic E-state index is 6.50. The Morgan fingerprint density at radius 2 is 1.44 bits per heavy atom. The molecule has 0 aliphatic heterocycles. The van der Waals surface area contributed by atoms with Crippen molar-refractivity contribution in [1.82, 2.24) is 15.2 Å². The molecule has 0 aliphatic rings. The first-order valence-corrected chi connectivity index (χ1v) is 10.7. The third-order valence-electron chi connectivity index (χ3n) is 4.78. The van der Waals surface area contributed by atoms with E-state index in [2.05, 4.69) is 25.8 Å². The summed E-state index contributed by atoms with van der Waals surface area (Å²) >= 11 is 12.8. The largest absolute Gasteiger partial charge is 0.497 e. The van der Waals surface area contributed by atoms with Gasteiger partial charge >= 0.3 is 0 Å². The minimum absolute atomic E-state index is 0.358. The van der Waals surface area contributed by atoms with E-state index in [-0.39, 0.29) is 0 Å². The van der Waals surface area contributed by atoms with Gasteiger partial charge in [0.25, 0.3) is 0 Å². The van der Waals surface area contributed by atoms with Crippen LogP contribution in [0.2, 0.25) is 10.0 Å². The van der Waals surface area contributed by atoms with E-state index in [1.54, 1.807) is 19.2 Å². The lowest BCUT2D eigenvalue weighted by Gasteiger charge is -2.14. The van der Waals surface area contributed by atoms with Gasteiger partial charge in [-0.3, -0.25) is 0 Å². The summed E-state index contributed by atoms with van der Waals surface area (Å²) in [6.07, 6.45) is 0. The van der Waals surface area contributed by atoms with Gasteiger partial charge in [0.15, 0.2) is 5.82 Å². The highest BCUT2D eigenvalue weighted by atomic mass is 35.5. The molecule has 0 saturated heterocycles. The molecule has 0 fully saturated rings. The van der Waals surface area contributed by atoms with Crippen molar-refractivity contribution in [1.29, 1.82) is 0 Å². The summed E-state index contributed by atoms with van der Waals surface area (Å²) in [4.78, 5) is 4.67. The SMILES string of the molecule is COc1cc(Cl)c(Cl)c(-c2nnc(NCc3ccccc3)nc2NCc2ccccc2)c1. The molecule has 6 nitrogen and oxygen atoms in total. The van der Waals surface area contributed by atoms with Crippen molar-refractivity contribution in [2.75, 3.05) is 17.7 Å². The van der Waals surface area contributed by atoms with E-state index in [0.29, 0.717) is 51.9 Å². The number of aromatic nitrogens is 3. The zero-order valence-corrected chi connectivity index (χ0v) is 18.9. The first kappa shape index (κ1) is 21.9. The molecule has 0 atom stereocenters. The Morgan fingerprint density at radius 1 is 0.812 bits per heavy atom. The predicted molar refractivity (Wildman–Crippen MR) is 129 cm³/mol. The molecule has 0 unspecified atom stereocenters. The highest BCUT2D eigenvalue weighted by Gasteiger charge is 2.18. The van der Waals surface area contributed by atoms with Crippen LogP contribution in [0.3, 0.4) is 0 Å². The number of nitrogens with one attached hydrogen (secondary N) is 2. The van der Waals surface area contributed by atoms with Crippen molar-refractivity contribution in [3.05, 3.63) is 94.0 Å². The van der Waals surface area contributed by atoms with Gasteiger partial charge in [-0.15, -0.1) is 10.2 Å². The molecule has 32 heavy (non-hydrogen) atoms. The van der Waals surface area contributed by atoms with E-state index in [0.717, 1.165) is 11.1 Å². The summed E-state index contributed by atoms with van der Waals surface area (Å²) in [5.41, 5.74) is 3.28. The predicted octanol–water partition coefficient (Wildman–Crippen LogP) is 6.08. The average molecular weight is 466 g/mol. The van der Waals surface area contributed by atoms with Gasteiger partial charge in [-0.1, -0.05) is 83.9 Å². The Bertz CT molecular complexity index is 1190. The molecular formula is C24H21Cl2N5O. The molecule has 2 N–H and O–H groups in total. The van der Waals surface area contributed by atoms with Gasteiger partial charge in [0, 0.05) is 24.7 Å². The fraction of sp³-hybridized carbons (Fsp3) is 0.125. The van der Waals surface area contributed by atoms with Gasteiger partial charge in [-0.25, -0.2) is 0 Å². The van der Waals surface area contributed by atoms with E-state index < -0.39 is 0 Å². The van der Waals surface area contributed by atoms with E-state index in [1.165, 1.54) is 0 Å². The summed E-state index contributed by atoms with van der Waals surface area (Å²) in [6, 6.07) is 23.4. The number of methoxy groups -OCH3 is 1. The lowest BCUT2D eigenvalue weighted by molar-refractivity contribution is 0.415. The second kappa shape index (κ2) is 10.3. The minimum Gasteiger partial charge on any atom is -0.497 e. The van der Waals surface area contributed by atoms with Crippen molar-refractivity contribution in [3.8, 4) is 17.0 Å². The fourth-order valence-electron chi connectivity index (χ4n) is 3.12. The van der Waals surface area contributed by atoms with E-state index >= 15 is 0 Å². The molecule has 0 amide bonds. The molecule has 1 aromatic heterocycles. The molecule has 4 rings (SSSR count). The summed E-state index contributed by atoms with van der Waals surface area (Å²) < 4.78 is 5.35. The Kier molecular flexibility index (Phi) is 7.04. The van der Waals surface area contributed by atoms with Crippen LogP contribution in [-0.2, 0) is 13.1 Å². The van der Waals surface area contributed by atoms with Crippen LogP contribution in [0.25, 0.3) is 11.3 Å². The van der Waals surface area contributed by atoms with Crippen molar-refractivity contribution in [2.24, 2.45) is 0 Å². The molecule has 0 aliphatic carbocycles. The number of hydrogen-bond acceptors (Lipinski definition) is 6. The average Bonchev–Trinajstić information content (AvgIpc) is 2.84. The molecule has 4 aromatic rings. The molecule has 0 radical (unpaired) electrons. The topological polar surface area (TPSA) is 72.0 Å². The molecule has 0 spiro atoms. The Balaban J connectivity index is 1.67. The van der Waals surface area contributed by atoms with Gasteiger partial charge in [0.05, 0.1) is 17.2 Å². The van der Waals surface area contributed by atoms with Gasteiger partial charge in [0.1, 0.15) is 11.4 Å². The lowest BCUT2D eigenvalue weighted by atomic mass is 10.1. The lowest BCUT2D eigenvalue weighted by Crippen LogP contribution is -2.10. The molecule has 0 saturated carbocycles. The van der Waals surface area contributed by atoms with Gasteiger partial charge in [0.2, 0.25) is 5.95 Å². The monoisotopic (exact) mass is 465 g/mol. The van der Waals surface area contributed by atoms with E-state index in [4.69, 9.17) is 27.9 Å². The van der Waals surface area contributed by atoms with Crippen LogP contribution in [0.4, 0.5) is 11.8 Å². The molecular weight excluding hydrogens is 445 g/mol. The standard InChI is InChI=1S/C24H21Cl2N5O/c1-32-18-12-19(21(26)20(25)13-18)22-23(27-14-16-8-4-2-5-9-16)29-24(31-30-22)28-15-17-10-6-3-7-11-17/h2-13H,14-15H2,1H3,(H2,27,28,29,31). The molecule has 162 valence electrons. The zero-order chi connectivity index (χ0) is 22.3. The second-order valence-electron chi connectivity index (χ2n) is 6.98. The van der Waals surface area contributed by atoms with E-state index in [1.807, 2.05) is 60.7 Å². The highest BCUT2D eigenvalue weighted by Crippen LogP contribution is 2.38. The van der Waals surface area contributed by atoms with Crippen molar-refractivity contribution in [2.45, 2.75) is 13.1 Å². The van der Waals surface area contributed by atoms with Gasteiger partial charge in [-0.2, -0.15) is 4.98 Å². The van der Waals surface area contributed by atoms with Crippen LogP contribution in [0, 0.1) is 0 Å². The normalized spacial score (nSPS) is 10.6. The van der Waals surface area contributed by atoms with Crippen LogP contribution in [0.15, 0.2) is 72.8 Å². The number of nitrogens with zero attached hydrogens (tertiary/aromatic N) is 3. The second-order valence-corrected chi connectivity index (χ2v) is 7.77. The summed E-state index contributed by atoms with van der Waals surface area (Å²) in [6.45, 7) is 1.13. The summed E-state index contributed by atoms with van der Waals surface area (Å²) in [5, 5.41) is 16.0. The highest BCUT2D eigenvalue weighted by molar-refractivity contribution is 6.43. The summed E-state index contributed by atoms with van der Waals surface area (Å²) in [5.74, 6) is 1.50. The van der Waals surface area contributed by atoms with Gasteiger partial charge < -0.3 is 15.4 Å². The number of hydrogen-bond donors (Lipinski definition) is 2. The van der Waals surface area contributed by atoms with Crippen molar-refractivity contribution >= 4 is 35.0 Å². The quantitative estimate of drug-likeness (QED) is 0.328. The number of benzene rings is 3. The summed E-state index contributed by atoms with van der Waals surface area (Å²) in [7, 11) is 1.57. The van der Waals surface area contributed by atoms with Crippen LogP contribution >= 0.6 is 23.2 Å². The third-order valence-corrected chi connectivity index (χ3v) is 5.58. The van der Waals surface area contributed by atoms with E-state index in [9.17, 15) is 0 Å². The molecule has 1 heterocycles. The van der Waals surface area contributed by atoms with Crippen molar-refractivity contribution in [3.63, 3.8) is 0 Å². The fourth-order valence-corrected chi connectivity index (χ4v) is 3.53. The van der Waals surface area contributed by atoms with Crippen molar-refractivity contribution < 1.29 is 4.74 Å². The first-order valence-electron chi connectivity index (χ1n) is 9.98. The van der Waals surface area contributed by atoms with Crippen LogP contribution in [0.5, 0.6) is 5.75 Å². The molecule has 8 heteroatoms. The van der Waals surface area contributed by atoms with Gasteiger partial charge in [-0.05, 0) is 17.2 Å². The Hall–Kier alpha value is -3.35. The smallest absolute Gasteiger partial charge is 0.245 e. The molecule has 0 bridgehead atoms. The maximum absolute atomic E-state index is 6.50. The number of ether oxygens (including phenoxy) is 1. The van der Waals surface area contributed by atoms with Crippen LogP contribution < -0.4 is 15.4 Å².